The Morgan fingerprint density at radius 3 is 2.69 bits per heavy atom. The van der Waals surface area contributed by atoms with E-state index in [1.165, 1.54) is 12.3 Å². The van der Waals surface area contributed by atoms with E-state index >= 15 is 4.39 Å². The maximum Gasteiger partial charge on any atom is 0.319 e. The first kappa shape index (κ1) is 21.7. The Bertz CT molecular complexity index is 1520. The van der Waals surface area contributed by atoms with E-state index in [0.717, 1.165) is 38.8 Å². The van der Waals surface area contributed by atoms with E-state index < -0.39 is 11.6 Å². The monoisotopic (exact) mass is 471 g/mol. The molecule has 2 aliphatic rings. The van der Waals surface area contributed by atoms with Crippen molar-refractivity contribution in [2.45, 2.75) is 31.2 Å². The molecule has 4 aromatic rings. The van der Waals surface area contributed by atoms with Crippen LogP contribution in [0, 0.1) is 24.0 Å². The van der Waals surface area contributed by atoms with Gasteiger partial charge in [-0.15, -0.1) is 6.42 Å². The average molecular weight is 472 g/mol. The standard InChI is InChI=1S/C27H23F2N5O/c1-2-17-20(28)9-8-16-6-3-7-18(21(16)17)23-22(29)24-19(14-31-23)25(30)33-26(32-24)35-15-27-10-4-12-34(27)13-5-11-27/h1,3,6-9,14H,4-5,10-13,15H2,(H2,30,32,33). The van der Waals surface area contributed by atoms with Crippen molar-refractivity contribution < 1.29 is 13.5 Å². The van der Waals surface area contributed by atoms with Crippen LogP contribution in [0.5, 0.6) is 6.01 Å². The van der Waals surface area contributed by atoms with E-state index in [0.29, 0.717) is 22.9 Å². The molecule has 2 aromatic carbocycles. The summed E-state index contributed by atoms with van der Waals surface area (Å²) in [4.78, 5) is 15.4. The SMILES string of the molecule is C#Cc1c(F)ccc2cccc(-c3ncc4c(N)nc(OCC56CCCN5CCC6)nc4c3F)c12. The molecule has 6 nitrogen and oxygen atoms in total. The van der Waals surface area contributed by atoms with Gasteiger partial charge in [0, 0.05) is 17.1 Å². The van der Waals surface area contributed by atoms with Gasteiger partial charge in [0.05, 0.1) is 16.5 Å². The second-order valence-electron chi connectivity index (χ2n) is 9.25. The molecule has 35 heavy (non-hydrogen) atoms. The highest BCUT2D eigenvalue weighted by molar-refractivity contribution is 6.01. The zero-order valence-electron chi connectivity index (χ0n) is 19.0. The van der Waals surface area contributed by atoms with Gasteiger partial charge in [0.2, 0.25) is 0 Å². The van der Waals surface area contributed by atoms with Crippen molar-refractivity contribution in [3.63, 3.8) is 0 Å². The van der Waals surface area contributed by atoms with Crippen molar-refractivity contribution in [1.82, 2.24) is 19.9 Å². The highest BCUT2D eigenvalue weighted by Crippen LogP contribution is 2.39. The number of fused-ring (bicyclic) bond motifs is 3. The third-order valence-electron chi connectivity index (χ3n) is 7.37. The molecule has 2 aromatic heterocycles. The number of pyridine rings is 1. The van der Waals surface area contributed by atoms with Gasteiger partial charge in [0.25, 0.3) is 0 Å². The summed E-state index contributed by atoms with van der Waals surface area (Å²) in [6, 6.07) is 8.15. The Labute approximate surface area is 201 Å². The number of nitrogen functional groups attached to an aromatic ring is 1. The molecule has 2 saturated heterocycles. The van der Waals surface area contributed by atoms with E-state index in [-0.39, 0.29) is 39.5 Å². The number of benzene rings is 2. The van der Waals surface area contributed by atoms with Crippen molar-refractivity contribution in [2.24, 2.45) is 0 Å². The lowest BCUT2D eigenvalue weighted by Gasteiger charge is -2.31. The molecule has 0 aliphatic carbocycles. The molecule has 2 aliphatic heterocycles. The van der Waals surface area contributed by atoms with Gasteiger partial charge in [-0.05, 0) is 50.2 Å². The first-order valence-corrected chi connectivity index (χ1v) is 11.7. The van der Waals surface area contributed by atoms with Gasteiger partial charge >= 0.3 is 6.01 Å². The molecule has 0 radical (unpaired) electrons. The molecule has 2 fully saturated rings. The van der Waals surface area contributed by atoms with Gasteiger partial charge in [-0.1, -0.05) is 30.2 Å². The number of nitrogens with two attached hydrogens (primary N) is 1. The van der Waals surface area contributed by atoms with Crippen molar-refractivity contribution in [1.29, 1.82) is 0 Å². The zero-order chi connectivity index (χ0) is 24.2. The molecule has 0 unspecified atom stereocenters. The number of aromatic nitrogens is 3. The number of anilines is 1. The lowest BCUT2D eigenvalue weighted by Crippen LogP contribution is -2.43. The van der Waals surface area contributed by atoms with Crippen LogP contribution in [0.25, 0.3) is 32.9 Å². The molecule has 2 N–H and O–H groups in total. The molecule has 4 heterocycles. The summed E-state index contributed by atoms with van der Waals surface area (Å²) in [6.45, 7) is 2.57. The van der Waals surface area contributed by atoms with Gasteiger partial charge in [0.15, 0.2) is 5.82 Å². The molecule has 8 heteroatoms. The van der Waals surface area contributed by atoms with E-state index in [2.05, 4.69) is 25.8 Å². The van der Waals surface area contributed by atoms with E-state index in [1.54, 1.807) is 24.3 Å². The fourth-order valence-corrected chi connectivity index (χ4v) is 5.66. The number of hydrogen-bond donors (Lipinski definition) is 1. The molecule has 0 spiro atoms. The lowest BCUT2D eigenvalue weighted by atomic mass is 9.95. The second kappa shape index (κ2) is 8.14. The molecule has 0 amide bonds. The summed E-state index contributed by atoms with van der Waals surface area (Å²) in [6.07, 6.45) is 11.4. The van der Waals surface area contributed by atoms with E-state index in [1.807, 2.05) is 0 Å². The summed E-state index contributed by atoms with van der Waals surface area (Å²) in [5, 5.41) is 1.38. The molecule has 0 atom stereocenters. The van der Waals surface area contributed by atoms with Crippen LogP contribution in [-0.4, -0.2) is 45.1 Å². The molecule has 6 rings (SSSR count). The van der Waals surface area contributed by atoms with Crippen molar-refractivity contribution in [3.8, 4) is 29.6 Å². The van der Waals surface area contributed by atoms with Crippen LogP contribution in [-0.2, 0) is 0 Å². The van der Waals surface area contributed by atoms with E-state index in [4.69, 9.17) is 16.9 Å². The average Bonchev–Trinajstić information content (AvgIpc) is 3.44. The van der Waals surface area contributed by atoms with Crippen LogP contribution < -0.4 is 10.5 Å². The predicted octanol–water partition coefficient (Wildman–Crippen LogP) is 4.69. The summed E-state index contributed by atoms with van der Waals surface area (Å²) < 4.78 is 36.4. The minimum absolute atomic E-state index is 0.000337. The minimum atomic E-state index is -0.692. The van der Waals surface area contributed by atoms with Crippen LogP contribution in [0.4, 0.5) is 14.6 Å². The summed E-state index contributed by atoms with van der Waals surface area (Å²) in [5.74, 6) is 1.23. The number of halogens is 2. The smallest absolute Gasteiger partial charge is 0.319 e. The molecule has 0 bridgehead atoms. The van der Waals surface area contributed by atoms with Gasteiger partial charge in [-0.25, -0.2) is 8.78 Å². The Morgan fingerprint density at radius 2 is 1.91 bits per heavy atom. The third kappa shape index (κ3) is 3.38. The van der Waals surface area contributed by atoms with Crippen molar-refractivity contribution in [3.05, 3.63) is 53.7 Å². The van der Waals surface area contributed by atoms with Crippen LogP contribution >= 0.6 is 0 Å². The van der Waals surface area contributed by atoms with Crippen LogP contribution in [0.2, 0.25) is 0 Å². The number of nitrogens with zero attached hydrogens (tertiary/aromatic N) is 4. The maximum absolute atomic E-state index is 15.9. The Kier molecular flexibility index (Phi) is 5.04. The zero-order valence-corrected chi connectivity index (χ0v) is 19.0. The summed E-state index contributed by atoms with van der Waals surface area (Å²) in [7, 11) is 0. The molecule has 176 valence electrons. The first-order valence-electron chi connectivity index (χ1n) is 11.7. The third-order valence-corrected chi connectivity index (χ3v) is 7.37. The van der Waals surface area contributed by atoms with Crippen LogP contribution in [0.1, 0.15) is 31.2 Å². The van der Waals surface area contributed by atoms with E-state index in [9.17, 15) is 4.39 Å². The fraction of sp³-hybridized carbons (Fsp3) is 0.296. The van der Waals surface area contributed by atoms with Crippen molar-refractivity contribution in [2.75, 3.05) is 25.4 Å². The van der Waals surface area contributed by atoms with Gasteiger partial charge in [0.1, 0.15) is 29.5 Å². The quantitative estimate of drug-likeness (QED) is 0.435. The second-order valence-corrected chi connectivity index (χ2v) is 9.25. The van der Waals surface area contributed by atoms with Crippen LogP contribution in [0.15, 0.2) is 36.5 Å². The van der Waals surface area contributed by atoms with Gasteiger partial charge in [-0.2, -0.15) is 9.97 Å². The first-order chi connectivity index (χ1) is 17.0. The van der Waals surface area contributed by atoms with Crippen LogP contribution in [0.3, 0.4) is 0 Å². The fourth-order valence-electron chi connectivity index (χ4n) is 5.66. The minimum Gasteiger partial charge on any atom is -0.461 e. The van der Waals surface area contributed by atoms with Gasteiger partial charge < -0.3 is 10.5 Å². The topological polar surface area (TPSA) is 77.2 Å². The summed E-state index contributed by atoms with van der Waals surface area (Å²) >= 11 is 0. The predicted molar refractivity (Wildman–Crippen MR) is 131 cm³/mol. The molecular weight excluding hydrogens is 448 g/mol. The highest BCUT2D eigenvalue weighted by atomic mass is 19.1. The number of ether oxygens (including phenoxy) is 1. The normalized spacial score (nSPS) is 17.1. The Balaban J connectivity index is 1.45. The Hall–Kier alpha value is -3.83. The highest BCUT2D eigenvalue weighted by Gasteiger charge is 2.45. The Morgan fingerprint density at radius 1 is 1.11 bits per heavy atom. The maximum atomic E-state index is 15.9. The number of terminal acetylenes is 1. The number of rotatable bonds is 4. The number of hydrogen-bond acceptors (Lipinski definition) is 6. The largest absolute Gasteiger partial charge is 0.461 e. The van der Waals surface area contributed by atoms with Crippen molar-refractivity contribution >= 4 is 27.5 Å². The molecule has 0 saturated carbocycles. The summed E-state index contributed by atoms with van der Waals surface area (Å²) in [5.41, 5.74) is 6.57. The van der Waals surface area contributed by atoms with Gasteiger partial charge in [-0.3, -0.25) is 9.88 Å². The lowest BCUT2D eigenvalue weighted by molar-refractivity contribution is 0.108. The molecular formula is C27H23F2N5O.